The first-order chi connectivity index (χ1) is 17.3. The first-order valence-corrected chi connectivity index (χ1v) is 11.9. The van der Waals surface area contributed by atoms with Gasteiger partial charge in [-0.2, -0.15) is 5.26 Å². The third-order valence-corrected chi connectivity index (χ3v) is 7.24. The van der Waals surface area contributed by atoms with E-state index < -0.39 is 29.0 Å². The van der Waals surface area contributed by atoms with Gasteiger partial charge in [0.25, 0.3) is 5.91 Å². The summed E-state index contributed by atoms with van der Waals surface area (Å²) in [5.41, 5.74) is 8.76. The van der Waals surface area contributed by atoms with E-state index in [-0.39, 0.29) is 28.4 Å². The Morgan fingerprint density at radius 1 is 1.19 bits per heavy atom. The van der Waals surface area contributed by atoms with Gasteiger partial charge >= 0.3 is 5.97 Å². The number of nitrogens with zero attached hydrogens (tertiary/aromatic N) is 2. The third kappa shape index (κ3) is 4.53. The minimum absolute atomic E-state index is 0.0497. The van der Waals surface area contributed by atoms with Crippen molar-refractivity contribution in [2.24, 2.45) is 5.73 Å². The topological polar surface area (TPSA) is 135 Å². The van der Waals surface area contributed by atoms with Crippen molar-refractivity contribution >= 4 is 35.2 Å². The van der Waals surface area contributed by atoms with Crippen molar-refractivity contribution in [1.82, 2.24) is 4.90 Å². The second kappa shape index (κ2) is 10.2. The predicted molar refractivity (Wildman–Crippen MR) is 134 cm³/mol. The van der Waals surface area contributed by atoms with Crippen LogP contribution in [-0.2, 0) is 19.1 Å². The second-order valence-corrected chi connectivity index (χ2v) is 9.41. The summed E-state index contributed by atoms with van der Waals surface area (Å²) in [4.78, 5) is 40.2. The molecular formula is C26H24N4O5S. The molecule has 2 aromatic rings. The summed E-state index contributed by atoms with van der Waals surface area (Å²) in [6.45, 7) is 1.93. The van der Waals surface area contributed by atoms with Gasteiger partial charge in [-0.15, -0.1) is 0 Å². The van der Waals surface area contributed by atoms with Crippen LogP contribution in [0.15, 0.2) is 70.5 Å². The Morgan fingerprint density at radius 2 is 1.92 bits per heavy atom. The quantitative estimate of drug-likeness (QED) is 0.573. The maximum Gasteiger partial charge on any atom is 0.307 e. The van der Waals surface area contributed by atoms with E-state index in [1.54, 1.807) is 36.4 Å². The lowest BCUT2D eigenvalue weighted by molar-refractivity contribution is -0.142. The number of nitriles is 1. The average molecular weight is 505 g/mol. The number of hydrogen-bond acceptors (Lipinski definition) is 8. The standard InChI is InChI=1S/C26H24N4O5S/c1-14-7-9-16(10-8-14)29-24(32)22-21(15-5-4-6-17(11-15)34-2)18(13-27)23(28)30-25(33)19(36-26(22)30)12-20(31)35-3/h4-11,19,21H,12,28H2,1-3H3,(H,29,32)/t19-,21-/m0/s1. The Hall–Kier alpha value is -4.23. The van der Waals surface area contributed by atoms with Crippen LogP contribution in [0.2, 0.25) is 0 Å². The van der Waals surface area contributed by atoms with E-state index in [4.69, 9.17) is 15.2 Å². The van der Waals surface area contributed by atoms with E-state index in [0.717, 1.165) is 22.2 Å². The molecule has 9 nitrogen and oxygen atoms in total. The number of nitrogens with one attached hydrogen (secondary N) is 1. The lowest BCUT2D eigenvalue weighted by Crippen LogP contribution is -2.39. The Labute approximate surface area is 212 Å². The molecule has 2 aliphatic heterocycles. The van der Waals surface area contributed by atoms with Crippen molar-refractivity contribution in [3.63, 3.8) is 0 Å². The fourth-order valence-electron chi connectivity index (χ4n) is 4.13. The number of esters is 1. The van der Waals surface area contributed by atoms with Gasteiger partial charge in [0.05, 0.1) is 48.8 Å². The summed E-state index contributed by atoms with van der Waals surface area (Å²) in [7, 11) is 2.75. The molecule has 0 aromatic heterocycles. The summed E-state index contributed by atoms with van der Waals surface area (Å²) < 4.78 is 10.1. The molecule has 2 heterocycles. The van der Waals surface area contributed by atoms with E-state index in [0.29, 0.717) is 17.0 Å². The molecule has 0 radical (unpaired) electrons. The van der Waals surface area contributed by atoms with Crippen molar-refractivity contribution in [2.45, 2.75) is 24.5 Å². The number of hydrogen-bond donors (Lipinski definition) is 2. The number of anilines is 1. The Balaban J connectivity index is 1.88. The fraction of sp³-hybridized carbons (Fsp3) is 0.231. The second-order valence-electron chi connectivity index (χ2n) is 8.22. The summed E-state index contributed by atoms with van der Waals surface area (Å²) in [5.74, 6) is -1.95. The first kappa shape index (κ1) is 24.9. The number of carbonyl (C=O) groups is 3. The molecule has 3 N–H and O–H groups in total. The number of allylic oxidation sites excluding steroid dienone is 1. The molecular weight excluding hydrogens is 480 g/mol. The maximum absolute atomic E-state index is 13.8. The van der Waals surface area contributed by atoms with Crippen molar-refractivity contribution in [1.29, 1.82) is 5.26 Å². The first-order valence-electron chi connectivity index (χ1n) is 11.0. The molecule has 2 atom stereocenters. The highest BCUT2D eigenvalue weighted by Crippen LogP contribution is 2.50. The normalized spacial score (nSPS) is 19.1. The highest BCUT2D eigenvalue weighted by molar-refractivity contribution is 8.04. The van der Waals surface area contributed by atoms with E-state index in [2.05, 4.69) is 11.4 Å². The minimum atomic E-state index is -0.862. The molecule has 0 aliphatic carbocycles. The number of aryl methyl sites for hydroxylation is 1. The Morgan fingerprint density at radius 3 is 2.56 bits per heavy atom. The molecule has 0 bridgehead atoms. The van der Waals surface area contributed by atoms with Gasteiger partial charge in [-0.05, 0) is 36.8 Å². The molecule has 2 amide bonds. The van der Waals surface area contributed by atoms with Crippen LogP contribution in [0.4, 0.5) is 5.69 Å². The number of nitrogens with two attached hydrogens (primary N) is 1. The molecule has 0 unspecified atom stereocenters. The molecule has 10 heteroatoms. The zero-order chi connectivity index (χ0) is 26.0. The number of methoxy groups -OCH3 is 2. The van der Waals surface area contributed by atoms with Crippen LogP contribution >= 0.6 is 11.8 Å². The van der Waals surface area contributed by atoms with Crippen molar-refractivity contribution in [2.75, 3.05) is 19.5 Å². The highest BCUT2D eigenvalue weighted by Gasteiger charge is 2.48. The van der Waals surface area contributed by atoms with Crippen molar-refractivity contribution in [3.8, 4) is 11.8 Å². The SMILES string of the molecule is COC(=O)C[C@@H]1SC2=C(C(=O)Nc3ccc(C)cc3)[C@@H](c3cccc(OC)c3)C(C#N)=C(N)N2C1=O. The van der Waals surface area contributed by atoms with E-state index in [1.807, 2.05) is 19.1 Å². The smallest absolute Gasteiger partial charge is 0.307 e. The number of ether oxygens (including phenoxy) is 2. The lowest BCUT2D eigenvalue weighted by atomic mass is 9.82. The van der Waals surface area contributed by atoms with Gasteiger partial charge in [0, 0.05) is 5.69 Å². The van der Waals surface area contributed by atoms with Gasteiger partial charge in [0.15, 0.2) is 0 Å². The Kier molecular flexibility index (Phi) is 7.03. The molecule has 2 aromatic carbocycles. The molecule has 2 aliphatic rings. The van der Waals surface area contributed by atoms with Crippen molar-refractivity contribution < 1.29 is 23.9 Å². The molecule has 0 saturated carbocycles. The zero-order valence-electron chi connectivity index (χ0n) is 19.9. The summed E-state index contributed by atoms with van der Waals surface area (Å²) in [5, 5.41) is 12.4. The monoisotopic (exact) mass is 504 g/mol. The van der Waals surface area contributed by atoms with Gasteiger partial charge in [0.2, 0.25) is 5.91 Å². The molecule has 0 spiro atoms. The maximum atomic E-state index is 13.8. The summed E-state index contributed by atoms with van der Waals surface area (Å²) >= 11 is 1.06. The number of fused-ring (bicyclic) bond motifs is 1. The number of carbonyl (C=O) groups excluding carboxylic acids is 3. The van der Waals surface area contributed by atoms with Crippen molar-refractivity contribution in [3.05, 3.63) is 81.7 Å². The molecule has 36 heavy (non-hydrogen) atoms. The van der Waals surface area contributed by atoms with Gasteiger partial charge < -0.3 is 20.5 Å². The van der Waals surface area contributed by atoms with Crippen LogP contribution < -0.4 is 15.8 Å². The van der Waals surface area contributed by atoms with Crippen LogP contribution in [-0.4, -0.2) is 42.2 Å². The number of rotatable bonds is 6. The highest BCUT2D eigenvalue weighted by atomic mass is 32.2. The Bertz CT molecular complexity index is 1340. The summed E-state index contributed by atoms with van der Waals surface area (Å²) in [6.07, 6.45) is -0.203. The zero-order valence-corrected chi connectivity index (χ0v) is 20.7. The molecule has 4 rings (SSSR count). The van der Waals surface area contributed by atoms with Crippen LogP contribution in [0.25, 0.3) is 0 Å². The molecule has 1 saturated heterocycles. The summed E-state index contributed by atoms with van der Waals surface area (Å²) in [6, 6.07) is 16.3. The largest absolute Gasteiger partial charge is 0.497 e. The van der Waals surface area contributed by atoms with Gasteiger partial charge in [-0.1, -0.05) is 41.6 Å². The molecule has 1 fully saturated rings. The van der Waals surface area contributed by atoms with Crippen LogP contribution in [0.5, 0.6) is 5.75 Å². The van der Waals surface area contributed by atoms with Gasteiger partial charge in [-0.25, -0.2) is 0 Å². The third-order valence-electron chi connectivity index (χ3n) is 5.96. The minimum Gasteiger partial charge on any atom is -0.497 e. The van der Waals surface area contributed by atoms with Crippen LogP contribution in [0.1, 0.15) is 23.5 Å². The lowest BCUT2D eigenvalue weighted by Gasteiger charge is -2.32. The van der Waals surface area contributed by atoms with Gasteiger partial charge in [-0.3, -0.25) is 19.3 Å². The van der Waals surface area contributed by atoms with Crippen LogP contribution in [0, 0.1) is 18.3 Å². The fourth-order valence-corrected chi connectivity index (χ4v) is 5.46. The molecule has 184 valence electrons. The van der Waals surface area contributed by atoms with E-state index >= 15 is 0 Å². The number of thioether (sulfide) groups is 1. The average Bonchev–Trinajstić information content (AvgIpc) is 3.20. The van der Waals surface area contributed by atoms with E-state index in [9.17, 15) is 19.6 Å². The number of benzene rings is 2. The predicted octanol–water partition coefficient (Wildman–Crippen LogP) is 3.15. The van der Waals surface area contributed by atoms with Crippen LogP contribution in [0.3, 0.4) is 0 Å². The van der Waals surface area contributed by atoms with Gasteiger partial charge in [0.1, 0.15) is 16.8 Å². The number of amides is 2. The van der Waals surface area contributed by atoms with E-state index in [1.165, 1.54) is 14.2 Å².